The summed E-state index contributed by atoms with van der Waals surface area (Å²) >= 11 is 1.39. The number of carbonyl (C=O) groups is 3. The van der Waals surface area contributed by atoms with Crippen molar-refractivity contribution in [3.05, 3.63) is 46.2 Å². The van der Waals surface area contributed by atoms with E-state index in [4.69, 9.17) is 0 Å². The van der Waals surface area contributed by atoms with E-state index in [9.17, 15) is 14.4 Å². The van der Waals surface area contributed by atoms with Crippen LogP contribution in [-0.2, 0) is 9.59 Å². The number of hydrogen-bond donors (Lipinski definition) is 2. The van der Waals surface area contributed by atoms with Gasteiger partial charge in [0.15, 0.2) is 0 Å². The van der Waals surface area contributed by atoms with Crippen LogP contribution in [0.25, 0.3) is 0 Å². The number of rotatable bonds is 4. The van der Waals surface area contributed by atoms with Gasteiger partial charge in [-0.2, -0.15) is 0 Å². The Morgan fingerprint density at radius 1 is 1.07 bits per heavy atom. The first-order valence-electron chi connectivity index (χ1n) is 9.00. The van der Waals surface area contributed by atoms with Gasteiger partial charge < -0.3 is 15.5 Å². The molecule has 27 heavy (non-hydrogen) atoms. The summed E-state index contributed by atoms with van der Waals surface area (Å²) in [5.74, 6) is -0.446. The number of benzene rings is 1. The third-order valence-electron chi connectivity index (χ3n) is 4.70. The summed E-state index contributed by atoms with van der Waals surface area (Å²) < 4.78 is 0. The van der Waals surface area contributed by atoms with Crippen molar-refractivity contribution in [1.29, 1.82) is 0 Å². The molecule has 0 aliphatic carbocycles. The fourth-order valence-corrected chi connectivity index (χ4v) is 3.98. The maximum absolute atomic E-state index is 12.9. The van der Waals surface area contributed by atoms with Crippen LogP contribution in [0, 0.1) is 6.92 Å². The molecule has 2 N–H and O–H groups in total. The van der Waals surface area contributed by atoms with Crippen molar-refractivity contribution < 1.29 is 14.4 Å². The van der Waals surface area contributed by atoms with Crippen LogP contribution in [0.1, 0.15) is 41.4 Å². The number of likely N-dealkylation sites (tertiary alicyclic amines) is 1. The highest BCUT2D eigenvalue weighted by Gasteiger charge is 2.33. The minimum absolute atomic E-state index is 0.0893. The highest BCUT2D eigenvalue weighted by Crippen LogP contribution is 2.26. The SMILES string of the molecule is CC(=O)Nc1cccc(NC(=O)[C@H]2CCCCN2C(=O)c2cccs2)c1C. The maximum Gasteiger partial charge on any atom is 0.264 e. The minimum atomic E-state index is -0.489. The van der Waals surface area contributed by atoms with E-state index in [1.54, 1.807) is 29.2 Å². The van der Waals surface area contributed by atoms with Gasteiger partial charge in [-0.05, 0) is 55.3 Å². The molecule has 3 rings (SSSR count). The zero-order valence-corrected chi connectivity index (χ0v) is 16.3. The van der Waals surface area contributed by atoms with E-state index < -0.39 is 6.04 Å². The smallest absolute Gasteiger partial charge is 0.264 e. The van der Waals surface area contributed by atoms with Gasteiger partial charge in [0.2, 0.25) is 11.8 Å². The van der Waals surface area contributed by atoms with Gasteiger partial charge in [0.1, 0.15) is 6.04 Å². The molecular formula is C20H23N3O3S. The molecule has 0 unspecified atom stereocenters. The molecule has 3 amide bonds. The van der Waals surface area contributed by atoms with Gasteiger partial charge in [0.05, 0.1) is 4.88 Å². The largest absolute Gasteiger partial charge is 0.326 e. The molecule has 7 heteroatoms. The average Bonchev–Trinajstić information content (AvgIpc) is 3.19. The van der Waals surface area contributed by atoms with Crippen molar-refractivity contribution in [1.82, 2.24) is 4.90 Å². The summed E-state index contributed by atoms with van der Waals surface area (Å²) in [5.41, 5.74) is 2.09. The lowest BCUT2D eigenvalue weighted by Crippen LogP contribution is -2.49. The van der Waals surface area contributed by atoms with Gasteiger partial charge in [0.25, 0.3) is 5.91 Å². The molecule has 0 radical (unpaired) electrons. The van der Waals surface area contributed by atoms with Gasteiger partial charge >= 0.3 is 0 Å². The predicted octanol–water partition coefficient (Wildman–Crippen LogP) is 3.65. The standard InChI is InChI=1S/C20H23N3O3S/c1-13-15(21-14(2)24)7-5-8-16(13)22-19(25)17-9-3-4-11-23(17)20(26)18-10-6-12-27-18/h5-8,10,12,17H,3-4,9,11H2,1-2H3,(H,21,24)(H,22,25)/t17-/m1/s1. The molecule has 142 valence electrons. The van der Waals surface area contributed by atoms with Gasteiger partial charge in [-0.3, -0.25) is 14.4 Å². The fourth-order valence-electron chi connectivity index (χ4n) is 3.30. The minimum Gasteiger partial charge on any atom is -0.326 e. The zero-order chi connectivity index (χ0) is 19.4. The topological polar surface area (TPSA) is 78.5 Å². The monoisotopic (exact) mass is 385 g/mol. The van der Waals surface area contributed by atoms with Crippen LogP contribution in [0.5, 0.6) is 0 Å². The third kappa shape index (κ3) is 4.36. The lowest BCUT2D eigenvalue weighted by atomic mass is 10.0. The quantitative estimate of drug-likeness (QED) is 0.843. The van der Waals surface area contributed by atoms with Crippen LogP contribution >= 0.6 is 11.3 Å². The van der Waals surface area contributed by atoms with Crippen molar-refractivity contribution in [2.45, 2.75) is 39.2 Å². The van der Waals surface area contributed by atoms with E-state index >= 15 is 0 Å². The van der Waals surface area contributed by atoms with Crippen molar-refractivity contribution >= 4 is 40.4 Å². The molecule has 0 spiro atoms. The average molecular weight is 385 g/mol. The molecule has 1 fully saturated rings. The number of amides is 3. The second-order valence-corrected chi connectivity index (χ2v) is 7.58. The molecule has 0 bridgehead atoms. The normalized spacial score (nSPS) is 16.7. The van der Waals surface area contributed by atoms with E-state index in [1.807, 2.05) is 18.4 Å². The van der Waals surface area contributed by atoms with E-state index in [-0.39, 0.29) is 17.7 Å². The number of thiophene rings is 1. The van der Waals surface area contributed by atoms with Crippen molar-refractivity contribution in [2.24, 2.45) is 0 Å². The third-order valence-corrected chi connectivity index (χ3v) is 5.56. The molecule has 1 aliphatic rings. The van der Waals surface area contributed by atoms with E-state index in [2.05, 4.69) is 10.6 Å². The first kappa shape index (κ1) is 19.1. The molecule has 1 atom stereocenters. The lowest BCUT2D eigenvalue weighted by molar-refractivity contribution is -0.121. The first-order valence-corrected chi connectivity index (χ1v) is 9.88. The number of nitrogens with zero attached hydrogens (tertiary/aromatic N) is 1. The fraction of sp³-hybridized carbons (Fsp3) is 0.350. The van der Waals surface area contributed by atoms with Gasteiger partial charge in [-0.1, -0.05) is 12.1 Å². The van der Waals surface area contributed by atoms with E-state index in [0.29, 0.717) is 29.2 Å². The molecule has 1 aromatic carbocycles. The Morgan fingerprint density at radius 3 is 2.48 bits per heavy atom. The molecule has 0 saturated carbocycles. The molecule has 6 nitrogen and oxygen atoms in total. The Bertz CT molecular complexity index is 848. The molecule has 2 heterocycles. The summed E-state index contributed by atoms with van der Waals surface area (Å²) in [7, 11) is 0. The van der Waals surface area contributed by atoms with Crippen molar-refractivity contribution in [3.8, 4) is 0 Å². The molecule has 1 aliphatic heterocycles. The van der Waals surface area contributed by atoms with Crippen molar-refractivity contribution in [2.75, 3.05) is 17.2 Å². The summed E-state index contributed by atoms with van der Waals surface area (Å²) in [6, 6.07) is 8.51. The molecular weight excluding hydrogens is 362 g/mol. The second kappa shape index (κ2) is 8.35. The Labute approximate surface area is 162 Å². The van der Waals surface area contributed by atoms with Crippen LogP contribution in [0.3, 0.4) is 0 Å². The van der Waals surface area contributed by atoms with Crippen LogP contribution in [0.4, 0.5) is 11.4 Å². The second-order valence-electron chi connectivity index (χ2n) is 6.64. The summed E-state index contributed by atoms with van der Waals surface area (Å²) in [4.78, 5) is 39.4. The number of anilines is 2. The Kier molecular flexibility index (Phi) is 5.91. The first-order chi connectivity index (χ1) is 13.0. The van der Waals surface area contributed by atoms with E-state index in [1.165, 1.54) is 18.3 Å². The number of carbonyl (C=O) groups excluding carboxylic acids is 3. The number of nitrogens with one attached hydrogen (secondary N) is 2. The number of hydrogen-bond acceptors (Lipinski definition) is 4. The van der Waals surface area contributed by atoms with Gasteiger partial charge in [-0.15, -0.1) is 11.3 Å². The van der Waals surface area contributed by atoms with Crippen LogP contribution < -0.4 is 10.6 Å². The summed E-state index contributed by atoms with van der Waals surface area (Å²) in [6.07, 6.45) is 2.46. The highest BCUT2D eigenvalue weighted by molar-refractivity contribution is 7.12. The van der Waals surface area contributed by atoms with Crippen molar-refractivity contribution in [3.63, 3.8) is 0 Å². The van der Waals surface area contributed by atoms with Crippen LogP contribution in [0.15, 0.2) is 35.7 Å². The van der Waals surface area contributed by atoms with Gasteiger partial charge in [-0.25, -0.2) is 0 Å². The summed E-state index contributed by atoms with van der Waals surface area (Å²) in [6.45, 7) is 3.87. The molecule has 2 aromatic rings. The summed E-state index contributed by atoms with van der Waals surface area (Å²) in [5, 5.41) is 7.57. The highest BCUT2D eigenvalue weighted by atomic mass is 32.1. The number of piperidine rings is 1. The Morgan fingerprint density at radius 2 is 1.81 bits per heavy atom. The van der Waals surface area contributed by atoms with E-state index in [0.717, 1.165) is 18.4 Å². The predicted molar refractivity (Wildman–Crippen MR) is 107 cm³/mol. The lowest BCUT2D eigenvalue weighted by Gasteiger charge is -2.34. The Hall–Kier alpha value is -2.67. The van der Waals surface area contributed by atoms with Crippen LogP contribution in [-0.4, -0.2) is 35.2 Å². The Balaban J connectivity index is 1.78. The molecule has 1 aromatic heterocycles. The molecule has 1 saturated heterocycles. The van der Waals surface area contributed by atoms with Crippen LogP contribution in [0.2, 0.25) is 0 Å². The van der Waals surface area contributed by atoms with Gasteiger partial charge in [0, 0.05) is 24.8 Å². The zero-order valence-electron chi connectivity index (χ0n) is 15.5. The maximum atomic E-state index is 12.9.